The van der Waals surface area contributed by atoms with Crippen molar-refractivity contribution in [2.75, 3.05) is 0 Å². The van der Waals surface area contributed by atoms with Gasteiger partial charge in [-0.15, -0.1) is 0 Å². The Bertz CT molecular complexity index is 1540. The molecule has 2 N–H and O–H groups in total. The van der Waals surface area contributed by atoms with Crippen molar-refractivity contribution in [3.05, 3.63) is 86.6 Å². The Balaban J connectivity index is 1.40. The molecule has 0 radical (unpaired) electrons. The molecule has 16 heteroatoms. The second-order valence-electron chi connectivity index (χ2n) is 10.1. The molecule has 4 rings (SSSR count). The third-order valence-corrected chi connectivity index (χ3v) is 7.06. The topological polar surface area (TPSA) is 84.1 Å². The zero-order chi connectivity index (χ0) is 32.4. The van der Waals surface area contributed by atoms with E-state index in [9.17, 15) is 49.1 Å². The van der Waals surface area contributed by atoms with Crippen molar-refractivity contribution >= 4 is 5.91 Å². The summed E-state index contributed by atoms with van der Waals surface area (Å²) in [5.74, 6) is -4.00. The van der Waals surface area contributed by atoms with E-state index >= 15 is 4.39 Å². The maximum Gasteiger partial charge on any atom is 0.433 e. The largest absolute Gasteiger partial charge is 0.433 e. The standard InChI is InChI=1S/C28H23F10N3O3/c29-23-16(5-10-19(27(33,34)35)22(23)24-40-20(28(36,37)38)11-21(42)41-24)12-39-25(43)15-3-8-18(9-4-15)44-13-14-1-6-17(7-2-14)26(30,31)32/h1-2,5-7,10-11,15,18H,3-4,8-9,12-13H2,(H,39,43)(H,40,41,42). The summed E-state index contributed by atoms with van der Waals surface area (Å²) in [4.78, 5) is 29.2. The van der Waals surface area contributed by atoms with Gasteiger partial charge in [-0.1, -0.05) is 18.2 Å². The Kier molecular flexibility index (Phi) is 9.42. The number of rotatable bonds is 7. The van der Waals surface area contributed by atoms with Crippen LogP contribution in [0.2, 0.25) is 0 Å². The van der Waals surface area contributed by atoms with E-state index in [1.807, 2.05) is 0 Å². The molecule has 1 fully saturated rings. The number of benzene rings is 2. The molecule has 3 aromatic rings. The second-order valence-corrected chi connectivity index (χ2v) is 10.1. The molecular formula is C28H23F10N3O3. The number of nitrogens with zero attached hydrogens (tertiary/aromatic N) is 1. The lowest BCUT2D eigenvalue weighted by Gasteiger charge is -2.28. The van der Waals surface area contributed by atoms with Gasteiger partial charge in [0.25, 0.3) is 5.56 Å². The quantitative estimate of drug-likeness (QED) is 0.272. The average molecular weight is 639 g/mol. The molecule has 1 saturated carbocycles. The predicted molar refractivity (Wildman–Crippen MR) is 134 cm³/mol. The van der Waals surface area contributed by atoms with Crippen molar-refractivity contribution < 1.29 is 53.4 Å². The van der Waals surface area contributed by atoms with Gasteiger partial charge in [-0.25, -0.2) is 9.37 Å². The van der Waals surface area contributed by atoms with E-state index in [2.05, 4.69) is 10.3 Å². The van der Waals surface area contributed by atoms with Crippen molar-refractivity contribution in [1.82, 2.24) is 15.3 Å². The minimum atomic E-state index is -5.22. The van der Waals surface area contributed by atoms with Crippen LogP contribution in [0.3, 0.4) is 0 Å². The summed E-state index contributed by atoms with van der Waals surface area (Å²) in [5.41, 5.74) is -7.10. The van der Waals surface area contributed by atoms with Gasteiger partial charge in [0, 0.05) is 24.1 Å². The molecule has 0 aliphatic heterocycles. The molecule has 1 aromatic heterocycles. The minimum Gasteiger partial charge on any atom is -0.374 e. The van der Waals surface area contributed by atoms with Crippen LogP contribution >= 0.6 is 0 Å². The van der Waals surface area contributed by atoms with Crippen LogP contribution < -0.4 is 10.9 Å². The first-order valence-electron chi connectivity index (χ1n) is 13.1. The molecule has 6 nitrogen and oxygen atoms in total. The second kappa shape index (κ2) is 12.6. The molecule has 0 saturated heterocycles. The monoisotopic (exact) mass is 639 g/mol. The third kappa shape index (κ3) is 7.95. The molecule has 0 bridgehead atoms. The number of halogens is 10. The number of aromatic nitrogens is 2. The van der Waals surface area contributed by atoms with Crippen molar-refractivity contribution in [1.29, 1.82) is 0 Å². The van der Waals surface area contributed by atoms with Gasteiger partial charge in [-0.2, -0.15) is 39.5 Å². The highest BCUT2D eigenvalue weighted by atomic mass is 19.4. The fraction of sp³-hybridized carbons (Fsp3) is 0.393. The molecule has 238 valence electrons. The van der Waals surface area contributed by atoms with Crippen LogP contribution in [0.4, 0.5) is 43.9 Å². The maximum atomic E-state index is 15.4. The minimum absolute atomic E-state index is 0.0211. The number of aromatic amines is 1. The van der Waals surface area contributed by atoms with Gasteiger partial charge in [-0.05, 0) is 49.4 Å². The molecule has 1 heterocycles. The van der Waals surface area contributed by atoms with E-state index in [1.54, 1.807) is 4.98 Å². The molecule has 44 heavy (non-hydrogen) atoms. The van der Waals surface area contributed by atoms with E-state index in [0.717, 1.165) is 18.2 Å². The fourth-order valence-electron chi connectivity index (χ4n) is 4.77. The first-order valence-corrected chi connectivity index (χ1v) is 13.1. The molecule has 0 atom stereocenters. The smallest absolute Gasteiger partial charge is 0.374 e. The lowest BCUT2D eigenvalue weighted by Crippen LogP contribution is -2.34. The average Bonchev–Trinajstić information content (AvgIpc) is 2.93. The number of hydrogen-bond acceptors (Lipinski definition) is 4. The van der Waals surface area contributed by atoms with Gasteiger partial charge in [0.05, 0.1) is 29.4 Å². The molecule has 2 aromatic carbocycles. The van der Waals surface area contributed by atoms with E-state index < -0.39 is 82.0 Å². The van der Waals surface area contributed by atoms with Gasteiger partial charge >= 0.3 is 18.5 Å². The van der Waals surface area contributed by atoms with Crippen LogP contribution in [0.1, 0.15) is 53.6 Å². The Hall–Kier alpha value is -3.95. The van der Waals surface area contributed by atoms with Crippen LogP contribution in [0.15, 0.2) is 47.3 Å². The molecule has 1 aliphatic rings. The Morgan fingerprint density at radius 1 is 0.886 bits per heavy atom. The fourth-order valence-corrected chi connectivity index (χ4v) is 4.77. The van der Waals surface area contributed by atoms with Gasteiger partial charge in [0.1, 0.15) is 11.6 Å². The van der Waals surface area contributed by atoms with Gasteiger partial charge in [0.15, 0.2) is 5.69 Å². The summed E-state index contributed by atoms with van der Waals surface area (Å²) in [5, 5.41) is 2.42. The Morgan fingerprint density at radius 2 is 1.52 bits per heavy atom. The zero-order valence-corrected chi connectivity index (χ0v) is 22.4. The van der Waals surface area contributed by atoms with Crippen LogP contribution in [-0.2, 0) is 41.2 Å². The SMILES string of the molecule is O=C(NCc1ccc(C(F)(F)F)c(-c2nc(C(F)(F)F)cc(=O)[nH]2)c1F)C1CCC(OCc2ccc(C(F)(F)F)cc2)CC1. The van der Waals surface area contributed by atoms with E-state index in [-0.39, 0.29) is 18.8 Å². The summed E-state index contributed by atoms with van der Waals surface area (Å²) in [6, 6.07) is 5.64. The first kappa shape index (κ1) is 33.0. The lowest BCUT2D eigenvalue weighted by molar-refractivity contribution is -0.141. The van der Waals surface area contributed by atoms with E-state index in [0.29, 0.717) is 37.3 Å². The number of alkyl halides is 9. The van der Waals surface area contributed by atoms with Crippen molar-refractivity contribution in [3.8, 4) is 11.4 Å². The highest BCUT2D eigenvalue weighted by molar-refractivity contribution is 5.78. The number of carbonyl (C=O) groups excluding carboxylic acids is 1. The first-order chi connectivity index (χ1) is 20.4. The molecule has 1 aliphatic carbocycles. The Labute approximate surface area is 242 Å². The normalized spacial score (nSPS) is 17.9. The summed E-state index contributed by atoms with van der Waals surface area (Å²) >= 11 is 0. The highest BCUT2D eigenvalue weighted by Gasteiger charge is 2.39. The van der Waals surface area contributed by atoms with Crippen LogP contribution in [0.5, 0.6) is 0 Å². The van der Waals surface area contributed by atoms with Crippen LogP contribution in [0.25, 0.3) is 11.4 Å². The van der Waals surface area contributed by atoms with Crippen molar-refractivity contribution in [2.45, 2.75) is 63.5 Å². The van der Waals surface area contributed by atoms with E-state index in [4.69, 9.17) is 4.74 Å². The molecule has 0 unspecified atom stereocenters. The summed E-state index contributed by atoms with van der Waals surface area (Å²) in [7, 11) is 0. The number of hydrogen-bond donors (Lipinski definition) is 2. The zero-order valence-electron chi connectivity index (χ0n) is 22.4. The molecule has 0 spiro atoms. The molecular weight excluding hydrogens is 616 g/mol. The maximum absolute atomic E-state index is 15.4. The van der Waals surface area contributed by atoms with Gasteiger partial charge in [0.2, 0.25) is 5.91 Å². The van der Waals surface area contributed by atoms with Crippen LogP contribution in [-0.4, -0.2) is 22.0 Å². The summed E-state index contributed by atoms with van der Waals surface area (Å²) in [6.07, 6.45) is -13.7. The highest BCUT2D eigenvalue weighted by Crippen LogP contribution is 2.39. The predicted octanol–water partition coefficient (Wildman–Crippen LogP) is 7.02. The third-order valence-electron chi connectivity index (χ3n) is 7.06. The molecule has 1 amide bonds. The van der Waals surface area contributed by atoms with Crippen LogP contribution in [0, 0.1) is 11.7 Å². The Morgan fingerprint density at radius 3 is 2.09 bits per heavy atom. The van der Waals surface area contributed by atoms with Crippen molar-refractivity contribution in [3.63, 3.8) is 0 Å². The number of H-pyrrole nitrogens is 1. The van der Waals surface area contributed by atoms with Gasteiger partial charge < -0.3 is 15.0 Å². The van der Waals surface area contributed by atoms with Crippen molar-refractivity contribution in [2.24, 2.45) is 5.92 Å². The number of ether oxygens (including phenoxy) is 1. The summed E-state index contributed by atoms with van der Waals surface area (Å²) < 4.78 is 140. The lowest BCUT2D eigenvalue weighted by atomic mass is 9.86. The number of nitrogens with one attached hydrogen (secondary N) is 2. The number of amides is 1. The van der Waals surface area contributed by atoms with Gasteiger partial charge in [-0.3, -0.25) is 9.59 Å². The number of carbonyl (C=O) groups is 1. The summed E-state index contributed by atoms with van der Waals surface area (Å²) in [6.45, 7) is -0.551. The van der Waals surface area contributed by atoms with E-state index in [1.165, 1.54) is 12.1 Å².